The van der Waals surface area contributed by atoms with Crippen LogP contribution in [0.25, 0.3) is 0 Å². The van der Waals surface area contributed by atoms with Gasteiger partial charge in [0, 0.05) is 6.61 Å². The smallest absolute Gasteiger partial charge is 0.345 e. The Morgan fingerprint density at radius 1 is 1.38 bits per heavy atom. The second-order valence-corrected chi connectivity index (χ2v) is 2.12. The van der Waals surface area contributed by atoms with Crippen molar-refractivity contribution >= 4 is 11.9 Å². The first-order valence-electron chi connectivity index (χ1n) is 3.76. The molecule has 0 radical (unpaired) electrons. The number of esters is 1. The summed E-state index contributed by atoms with van der Waals surface area (Å²) in [7, 11) is 0. The van der Waals surface area contributed by atoms with Crippen molar-refractivity contribution in [3.05, 3.63) is 12.2 Å². The SMILES string of the molecule is C=C(C(=O)O)C(=O)OCCOCC. The van der Waals surface area contributed by atoms with Crippen molar-refractivity contribution in [2.24, 2.45) is 0 Å². The van der Waals surface area contributed by atoms with E-state index in [1.165, 1.54) is 0 Å². The zero-order valence-corrected chi connectivity index (χ0v) is 7.41. The molecule has 0 aromatic heterocycles. The van der Waals surface area contributed by atoms with Gasteiger partial charge in [0.15, 0.2) is 0 Å². The van der Waals surface area contributed by atoms with E-state index in [1.54, 1.807) is 6.92 Å². The lowest BCUT2D eigenvalue weighted by atomic mass is 10.3. The number of ether oxygens (including phenoxy) is 2. The van der Waals surface area contributed by atoms with Crippen molar-refractivity contribution in [1.29, 1.82) is 0 Å². The highest BCUT2D eigenvalue weighted by Crippen LogP contribution is 1.94. The van der Waals surface area contributed by atoms with Gasteiger partial charge in [0.25, 0.3) is 0 Å². The Bertz CT molecular complexity index is 209. The van der Waals surface area contributed by atoms with Gasteiger partial charge in [-0.2, -0.15) is 0 Å². The largest absolute Gasteiger partial charge is 0.477 e. The summed E-state index contributed by atoms with van der Waals surface area (Å²) < 4.78 is 9.39. The number of carboxylic acids is 1. The average molecular weight is 188 g/mol. The van der Waals surface area contributed by atoms with E-state index < -0.39 is 17.5 Å². The van der Waals surface area contributed by atoms with E-state index >= 15 is 0 Å². The number of hydrogen-bond acceptors (Lipinski definition) is 4. The van der Waals surface area contributed by atoms with Gasteiger partial charge < -0.3 is 14.6 Å². The molecule has 0 atom stereocenters. The molecule has 0 saturated heterocycles. The second kappa shape index (κ2) is 6.19. The number of carbonyl (C=O) groups is 2. The quantitative estimate of drug-likeness (QED) is 0.212. The first-order valence-corrected chi connectivity index (χ1v) is 3.76. The minimum Gasteiger partial charge on any atom is -0.477 e. The molecule has 1 N–H and O–H groups in total. The molecule has 0 rings (SSSR count). The van der Waals surface area contributed by atoms with Gasteiger partial charge in [-0.1, -0.05) is 6.58 Å². The molecular formula is C8H12O5. The summed E-state index contributed by atoms with van der Waals surface area (Å²) in [5.74, 6) is -2.30. The summed E-state index contributed by atoms with van der Waals surface area (Å²) in [6.45, 7) is 5.67. The summed E-state index contributed by atoms with van der Waals surface area (Å²) in [5, 5.41) is 8.32. The summed E-state index contributed by atoms with van der Waals surface area (Å²) in [6.07, 6.45) is 0. The standard InChI is InChI=1S/C8H12O5/c1-3-12-4-5-13-8(11)6(2)7(9)10/h2-5H2,1H3,(H,9,10). The molecule has 0 aliphatic rings. The number of aliphatic carboxylic acids is 1. The third-order valence-corrected chi connectivity index (χ3v) is 1.17. The number of rotatable bonds is 6. The van der Waals surface area contributed by atoms with Crippen LogP contribution in [0.15, 0.2) is 12.2 Å². The second-order valence-electron chi connectivity index (χ2n) is 2.12. The third kappa shape index (κ3) is 4.97. The monoisotopic (exact) mass is 188 g/mol. The van der Waals surface area contributed by atoms with E-state index in [2.05, 4.69) is 11.3 Å². The van der Waals surface area contributed by atoms with Crippen LogP contribution < -0.4 is 0 Å². The molecule has 0 aromatic rings. The van der Waals surface area contributed by atoms with Crippen LogP contribution in [0.4, 0.5) is 0 Å². The van der Waals surface area contributed by atoms with Crippen LogP contribution in [0.2, 0.25) is 0 Å². The first kappa shape index (κ1) is 11.6. The molecule has 5 nitrogen and oxygen atoms in total. The molecular weight excluding hydrogens is 176 g/mol. The fourth-order valence-corrected chi connectivity index (χ4v) is 0.512. The zero-order chi connectivity index (χ0) is 10.3. The predicted molar refractivity (Wildman–Crippen MR) is 44.2 cm³/mol. The van der Waals surface area contributed by atoms with Crippen molar-refractivity contribution in [2.45, 2.75) is 6.92 Å². The summed E-state index contributed by atoms with van der Waals surface area (Å²) >= 11 is 0. The fraction of sp³-hybridized carbons (Fsp3) is 0.500. The van der Waals surface area contributed by atoms with Crippen molar-refractivity contribution < 1.29 is 24.2 Å². The van der Waals surface area contributed by atoms with Crippen LogP contribution in [-0.2, 0) is 19.1 Å². The van der Waals surface area contributed by atoms with Gasteiger partial charge in [-0.05, 0) is 6.92 Å². The van der Waals surface area contributed by atoms with E-state index in [4.69, 9.17) is 9.84 Å². The molecule has 0 unspecified atom stereocenters. The van der Waals surface area contributed by atoms with Crippen molar-refractivity contribution in [3.63, 3.8) is 0 Å². The van der Waals surface area contributed by atoms with Gasteiger partial charge in [0.2, 0.25) is 0 Å². The van der Waals surface area contributed by atoms with Gasteiger partial charge in [-0.15, -0.1) is 0 Å². The molecule has 0 aromatic carbocycles. The van der Waals surface area contributed by atoms with Crippen molar-refractivity contribution in [2.75, 3.05) is 19.8 Å². The maximum absolute atomic E-state index is 10.8. The highest BCUT2D eigenvalue weighted by atomic mass is 16.6. The topological polar surface area (TPSA) is 72.8 Å². The van der Waals surface area contributed by atoms with Gasteiger partial charge >= 0.3 is 11.9 Å². The maximum atomic E-state index is 10.8. The van der Waals surface area contributed by atoms with Crippen LogP contribution in [0.5, 0.6) is 0 Å². The van der Waals surface area contributed by atoms with Crippen LogP contribution >= 0.6 is 0 Å². The zero-order valence-electron chi connectivity index (χ0n) is 7.41. The molecule has 0 saturated carbocycles. The number of carboxylic acid groups (broad SMARTS) is 1. The molecule has 13 heavy (non-hydrogen) atoms. The van der Waals surface area contributed by atoms with Crippen LogP contribution in [0.1, 0.15) is 6.92 Å². The Morgan fingerprint density at radius 2 is 2.00 bits per heavy atom. The Kier molecular flexibility index (Phi) is 5.54. The highest BCUT2D eigenvalue weighted by molar-refractivity contribution is 6.12. The van der Waals surface area contributed by atoms with Crippen LogP contribution in [-0.4, -0.2) is 36.9 Å². The fourth-order valence-electron chi connectivity index (χ4n) is 0.512. The van der Waals surface area contributed by atoms with Crippen molar-refractivity contribution in [3.8, 4) is 0 Å². The lowest BCUT2D eigenvalue weighted by Crippen LogP contribution is -2.16. The average Bonchev–Trinajstić information content (AvgIpc) is 2.10. The van der Waals surface area contributed by atoms with E-state index in [1.807, 2.05) is 0 Å². The lowest BCUT2D eigenvalue weighted by Gasteiger charge is -2.03. The number of carbonyl (C=O) groups excluding carboxylic acids is 1. The van der Waals surface area contributed by atoms with Gasteiger partial charge in [0.1, 0.15) is 12.2 Å². The maximum Gasteiger partial charge on any atom is 0.345 e. The highest BCUT2D eigenvalue weighted by Gasteiger charge is 2.15. The Balaban J connectivity index is 3.63. The van der Waals surface area contributed by atoms with E-state index in [0.29, 0.717) is 6.61 Å². The Hall–Kier alpha value is -1.36. The molecule has 0 aliphatic carbocycles. The molecule has 0 bridgehead atoms. The molecule has 0 amide bonds. The number of hydrogen-bond donors (Lipinski definition) is 1. The molecule has 0 spiro atoms. The molecule has 74 valence electrons. The third-order valence-electron chi connectivity index (χ3n) is 1.17. The van der Waals surface area contributed by atoms with E-state index in [0.717, 1.165) is 0 Å². The van der Waals surface area contributed by atoms with E-state index in [-0.39, 0.29) is 13.2 Å². The van der Waals surface area contributed by atoms with Gasteiger partial charge in [-0.3, -0.25) is 0 Å². The van der Waals surface area contributed by atoms with Crippen LogP contribution in [0.3, 0.4) is 0 Å². The van der Waals surface area contributed by atoms with Gasteiger partial charge in [-0.25, -0.2) is 9.59 Å². The Morgan fingerprint density at radius 3 is 2.46 bits per heavy atom. The van der Waals surface area contributed by atoms with E-state index in [9.17, 15) is 9.59 Å². The first-order chi connectivity index (χ1) is 6.09. The molecule has 0 heterocycles. The summed E-state index contributed by atoms with van der Waals surface area (Å²) in [4.78, 5) is 21.0. The van der Waals surface area contributed by atoms with Gasteiger partial charge in [0.05, 0.1) is 6.61 Å². The molecule has 0 fully saturated rings. The summed E-state index contributed by atoms with van der Waals surface area (Å²) in [5.41, 5.74) is -0.573. The normalized spacial score (nSPS) is 9.31. The summed E-state index contributed by atoms with van der Waals surface area (Å²) in [6, 6.07) is 0. The predicted octanol–water partition coefficient (Wildman–Crippen LogP) is 0.207. The minimum atomic E-state index is -1.37. The molecule has 0 aliphatic heterocycles. The van der Waals surface area contributed by atoms with Crippen LogP contribution in [0, 0.1) is 0 Å². The molecule has 5 heteroatoms. The van der Waals surface area contributed by atoms with Crippen molar-refractivity contribution in [1.82, 2.24) is 0 Å². The minimum absolute atomic E-state index is 0.0406. The lowest BCUT2D eigenvalue weighted by molar-refractivity contribution is -0.145. The Labute approximate surface area is 75.9 Å².